The molecule has 3 heterocycles. The van der Waals surface area contributed by atoms with Crippen molar-refractivity contribution in [3.05, 3.63) is 41.6 Å². The molecule has 1 aromatic heterocycles. The molecule has 0 N–H and O–H groups in total. The van der Waals surface area contributed by atoms with Crippen LogP contribution in [0.2, 0.25) is 0 Å². The fourth-order valence-corrected chi connectivity index (χ4v) is 5.85. The number of hydrogen-bond donors (Lipinski definition) is 0. The Hall–Kier alpha value is -2.52. The van der Waals surface area contributed by atoms with Crippen molar-refractivity contribution in [2.24, 2.45) is 5.41 Å². The van der Waals surface area contributed by atoms with Gasteiger partial charge in [-0.1, -0.05) is 6.07 Å². The first-order chi connectivity index (χ1) is 14.1. The summed E-state index contributed by atoms with van der Waals surface area (Å²) in [5.41, 5.74) is 3.78. The molecular formula is C23H23N3O2S. The van der Waals surface area contributed by atoms with Crippen molar-refractivity contribution in [3.63, 3.8) is 0 Å². The third-order valence-corrected chi connectivity index (χ3v) is 7.54. The number of amides is 1. The predicted molar refractivity (Wildman–Crippen MR) is 112 cm³/mol. The average molecular weight is 406 g/mol. The van der Waals surface area contributed by atoms with E-state index in [0.29, 0.717) is 11.0 Å². The number of ether oxygens (including phenoxy) is 1. The van der Waals surface area contributed by atoms with Gasteiger partial charge in [0.25, 0.3) is 0 Å². The predicted octanol–water partition coefficient (Wildman–Crippen LogP) is 4.05. The monoisotopic (exact) mass is 405 g/mol. The fourth-order valence-electron chi connectivity index (χ4n) is 5.41. The zero-order valence-corrected chi connectivity index (χ0v) is 17.3. The minimum absolute atomic E-state index is 0.104. The third-order valence-electron chi connectivity index (χ3n) is 6.81. The summed E-state index contributed by atoms with van der Waals surface area (Å²) in [6.45, 7) is 1.72. The lowest BCUT2D eigenvalue weighted by Crippen LogP contribution is -2.58. The number of aromatic nitrogens is 1. The largest absolute Gasteiger partial charge is 0.485 e. The first kappa shape index (κ1) is 18.5. The van der Waals surface area contributed by atoms with Crippen LogP contribution < -0.4 is 4.74 Å². The van der Waals surface area contributed by atoms with E-state index in [1.807, 2.05) is 35.6 Å². The van der Waals surface area contributed by atoms with Crippen molar-refractivity contribution < 1.29 is 9.53 Å². The number of nitriles is 1. The Balaban J connectivity index is 1.35. The number of benzene rings is 1. The zero-order valence-electron chi connectivity index (χ0n) is 16.5. The van der Waals surface area contributed by atoms with E-state index in [0.717, 1.165) is 73.5 Å². The molecule has 6 heteroatoms. The number of rotatable bonds is 3. The molecule has 1 amide bonds. The van der Waals surface area contributed by atoms with Crippen LogP contribution in [-0.2, 0) is 11.2 Å². The lowest BCUT2D eigenvalue weighted by molar-refractivity contribution is -0.134. The van der Waals surface area contributed by atoms with Gasteiger partial charge in [-0.15, -0.1) is 11.8 Å². The van der Waals surface area contributed by atoms with Crippen molar-refractivity contribution in [3.8, 4) is 23.1 Å². The molecule has 1 aliphatic carbocycles. The summed E-state index contributed by atoms with van der Waals surface area (Å²) < 4.78 is 6.38. The second-order valence-electron chi connectivity index (χ2n) is 8.66. The molecule has 0 radical (unpaired) electrons. The van der Waals surface area contributed by atoms with Crippen molar-refractivity contribution in [1.29, 1.82) is 5.26 Å². The topological polar surface area (TPSA) is 66.2 Å². The summed E-state index contributed by atoms with van der Waals surface area (Å²) in [7, 11) is 0. The number of carbonyl (C=O) groups excluding carboxylic acids is 1. The van der Waals surface area contributed by atoms with Gasteiger partial charge in [0.05, 0.1) is 23.5 Å². The highest BCUT2D eigenvalue weighted by molar-refractivity contribution is 7.98. The highest BCUT2D eigenvalue weighted by Gasteiger charge is 2.59. The summed E-state index contributed by atoms with van der Waals surface area (Å²) in [6.07, 6.45) is 9.97. The van der Waals surface area contributed by atoms with Crippen molar-refractivity contribution >= 4 is 18.2 Å². The number of piperidine rings is 1. The minimum Gasteiger partial charge on any atom is -0.485 e. The molecule has 1 saturated heterocycles. The van der Waals surface area contributed by atoms with Crippen LogP contribution in [-0.4, -0.2) is 41.2 Å². The Morgan fingerprint density at radius 1 is 1.28 bits per heavy atom. The number of hydrogen-bond acceptors (Lipinski definition) is 5. The van der Waals surface area contributed by atoms with Gasteiger partial charge in [0.2, 0.25) is 6.41 Å². The van der Waals surface area contributed by atoms with Crippen LogP contribution >= 0.6 is 11.8 Å². The number of nitrogens with zero attached hydrogens (tertiary/aromatic N) is 3. The van der Waals surface area contributed by atoms with E-state index >= 15 is 0 Å². The second kappa shape index (κ2) is 6.77. The van der Waals surface area contributed by atoms with E-state index in [1.165, 1.54) is 5.56 Å². The first-order valence-corrected chi connectivity index (χ1v) is 11.3. The van der Waals surface area contributed by atoms with E-state index in [4.69, 9.17) is 4.74 Å². The average Bonchev–Trinajstić information content (AvgIpc) is 3.11. The Morgan fingerprint density at radius 2 is 2.07 bits per heavy atom. The summed E-state index contributed by atoms with van der Waals surface area (Å²) in [5.74, 6) is 0.883. The number of thioether (sulfide) groups is 1. The number of fused-ring (bicyclic) bond motifs is 1. The van der Waals surface area contributed by atoms with Crippen molar-refractivity contribution in [2.45, 2.75) is 42.6 Å². The maximum atomic E-state index is 11.0. The number of carbonyl (C=O) groups is 1. The van der Waals surface area contributed by atoms with Gasteiger partial charge in [-0.3, -0.25) is 9.78 Å². The molecule has 0 bridgehead atoms. The summed E-state index contributed by atoms with van der Waals surface area (Å²) in [6, 6.07) is 10.4. The van der Waals surface area contributed by atoms with Gasteiger partial charge in [-0.05, 0) is 55.6 Å². The molecule has 5 nitrogen and oxygen atoms in total. The second-order valence-corrected chi connectivity index (χ2v) is 9.54. The molecule has 0 atom stereocenters. The summed E-state index contributed by atoms with van der Waals surface area (Å²) >= 11 is 1.63. The molecule has 29 heavy (non-hydrogen) atoms. The Labute approximate surface area is 175 Å². The normalized spacial score (nSPS) is 20.6. The van der Waals surface area contributed by atoms with Crippen LogP contribution in [0.4, 0.5) is 0 Å². The smallest absolute Gasteiger partial charge is 0.209 e. The lowest BCUT2D eigenvalue weighted by Gasteiger charge is -2.56. The number of likely N-dealkylation sites (tertiary alicyclic amines) is 1. The van der Waals surface area contributed by atoms with Crippen LogP contribution in [0.1, 0.15) is 36.8 Å². The van der Waals surface area contributed by atoms with Gasteiger partial charge < -0.3 is 9.64 Å². The van der Waals surface area contributed by atoms with Gasteiger partial charge >= 0.3 is 0 Å². The van der Waals surface area contributed by atoms with Gasteiger partial charge in [0.1, 0.15) is 11.4 Å². The van der Waals surface area contributed by atoms with Gasteiger partial charge in [-0.2, -0.15) is 5.26 Å². The van der Waals surface area contributed by atoms with E-state index in [1.54, 1.807) is 11.8 Å². The fraction of sp³-hybridized carbons (Fsp3) is 0.435. The number of pyridine rings is 1. The van der Waals surface area contributed by atoms with E-state index in [9.17, 15) is 10.1 Å². The SMILES string of the molecule is CSc1ccc(-c2cc3c(cn2)OC2(C3)CC3(CCN(C=O)CC3)C2)c(C#N)c1. The summed E-state index contributed by atoms with van der Waals surface area (Å²) in [5, 5.41) is 9.56. The van der Waals surface area contributed by atoms with E-state index in [-0.39, 0.29) is 5.60 Å². The van der Waals surface area contributed by atoms with Crippen molar-refractivity contribution in [1.82, 2.24) is 9.88 Å². The van der Waals surface area contributed by atoms with Crippen molar-refractivity contribution in [2.75, 3.05) is 19.3 Å². The molecule has 2 aliphatic heterocycles. The molecular weight excluding hydrogens is 382 g/mol. The molecule has 0 unspecified atom stereocenters. The highest BCUT2D eigenvalue weighted by Crippen LogP contribution is 2.60. The van der Waals surface area contributed by atoms with Gasteiger partial charge in [-0.25, -0.2) is 0 Å². The molecule has 2 spiro atoms. The van der Waals surface area contributed by atoms with Gasteiger partial charge in [0.15, 0.2) is 0 Å². The molecule has 1 aromatic carbocycles. The molecule has 3 aliphatic rings. The van der Waals surface area contributed by atoms with Gasteiger partial charge in [0, 0.05) is 35.5 Å². The minimum atomic E-state index is -0.104. The summed E-state index contributed by atoms with van der Waals surface area (Å²) in [4.78, 5) is 18.5. The molecule has 5 rings (SSSR count). The molecule has 2 fully saturated rings. The maximum absolute atomic E-state index is 11.0. The molecule has 148 valence electrons. The van der Waals surface area contributed by atoms with E-state index in [2.05, 4.69) is 17.1 Å². The Morgan fingerprint density at radius 3 is 2.76 bits per heavy atom. The quantitative estimate of drug-likeness (QED) is 0.569. The van der Waals surface area contributed by atoms with Crippen LogP contribution in [0.3, 0.4) is 0 Å². The standard InChI is InChI=1S/C23H23N3O2S/c1-29-18-2-3-19(17(8-18)11-24)20-9-16-10-23(28-21(16)12-25-20)13-22(14-23)4-6-26(15-27)7-5-22/h2-3,8-9,12,15H,4-7,10,13-14H2,1H3. The van der Waals surface area contributed by atoms with Crippen LogP contribution in [0.25, 0.3) is 11.3 Å². The van der Waals surface area contributed by atoms with Crippen LogP contribution in [0, 0.1) is 16.7 Å². The Kier molecular flexibility index (Phi) is 4.32. The van der Waals surface area contributed by atoms with Crippen LogP contribution in [0.5, 0.6) is 5.75 Å². The lowest BCUT2D eigenvalue weighted by atomic mass is 9.54. The third kappa shape index (κ3) is 3.08. The van der Waals surface area contributed by atoms with E-state index < -0.39 is 0 Å². The first-order valence-electron chi connectivity index (χ1n) is 10.0. The Bertz CT molecular complexity index is 1010. The maximum Gasteiger partial charge on any atom is 0.209 e. The molecule has 2 aromatic rings. The van der Waals surface area contributed by atoms with Crippen LogP contribution in [0.15, 0.2) is 35.4 Å². The highest BCUT2D eigenvalue weighted by atomic mass is 32.2. The zero-order chi connectivity index (χ0) is 20.1. The molecule has 1 saturated carbocycles.